The SMILES string of the molecule is COc1ccc(Br)cc1-c1nn(-c2cccc(Cl)c2)c2c1CCN2. The molecular weight excluding hydrogens is 390 g/mol. The van der Waals surface area contributed by atoms with E-state index in [-0.39, 0.29) is 0 Å². The van der Waals surface area contributed by atoms with Crippen molar-refractivity contribution in [1.29, 1.82) is 0 Å². The number of nitrogens with zero attached hydrogens (tertiary/aromatic N) is 2. The number of methoxy groups -OCH3 is 1. The van der Waals surface area contributed by atoms with Crippen LogP contribution in [0.3, 0.4) is 0 Å². The minimum Gasteiger partial charge on any atom is -0.496 e. The molecule has 4 nitrogen and oxygen atoms in total. The average Bonchev–Trinajstić information content (AvgIpc) is 3.17. The molecule has 3 aromatic rings. The largest absolute Gasteiger partial charge is 0.496 e. The Bertz CT molecular complexity index is 923. The number of fused-ring (bicyclic) bond motifs is 1. The molecule has 1 N–H and O–H groups in total. The molecule has 6 heteroatoms. The molecule has 0 fully saturated rings. The van der Waals surface area contributed by atoms with Crippen LogP contribution < -0.4 is 10.1 Å². The van der Waals surface area contributed by atoms with E-state index >= 15 is 0 Å². The molecular formula is C18H15BrClN3O. The highest BCUT2D eigenvalue weighted by Gasteiger charge is 2.25. The fraction of sp³-hybridized carbons (Fsp3) is 0.167. The third-order valence-corrected chi connectivity index (χ3v) is 4.85. The molecule has 0 saturated carbocycles. The Morgan fingerprint density at radius 3 is 2.92 bits per heavy atom. The highest BCUT2D eigenvalue weighted by atomic mass is 79.9. The van der Waals surface area contributed by atoms with Crippen LogP contribution in [0.5, 0.6) is 5.75 Å². The standard InChI is InChI=1S/C18H15BrClN3O/c1-24-16-6-5-11(19)9-15(16)17-14-7-8-21-18(14)23(22-17)13-4-2-3-12(20)10-13/h2-6,9-10,21H,7-8H2,1H3. The lowest BCUT2D eigenvalue weighted by atomic mass is 10.1. The van der Waals surface area contributed by atoms with E-state index in [1.165, 1.54) is 5.56 Å². The zero-order valence-corrected chi connectivity index (χ0v) is 15.4. The number of ether oxygens (including phenoxy) is 1. The number of anilines is 1. The summed E-state index contributed by atoms with van der Waals surface area (Å²) in [6.45, 7) is 0.900. The van der Waals surface area contributed by atoms with Crippen LogP contribution in [-0.4, -0.2) is 23.4 Å². The van der Waals surface area contributed by atoms with Crippen LogP contribution in [0.4, 0.5) is 5.82 Å². The number of nitrogens with one attached hydrogen (secondary N) is 1. The number of hydrogen-bond acceptors (Lipinski definition) is 3. The normalized spacial score (nSPS) is 12.8. The van der Waals surface area contributed by atoms with Crippen molar-refractivity contribution in [3.63, 3.8) is 0 Å². The van der Waals surface area contributed by atoms with Crippen molar-refractivity contribution >= 4 is 33.3 Å². The van der Waals surface area contributed by atoms with E-state index in [4.69, 9.17) is 21.4 Å². The molecule has 122 valence electrons. The molecule has 2 heterocycles. The number of benzene rings is 2. The molecule has 0 saturated heterocycles. The monoisotopic (exact) mass is 403 g/mol. The van der Waals surface area contributed by atoms with Crippen LogP contribution in [-0.2, 0) is 6.42 Å². The van der Waals surface area contributed by atoms with Gasteiger partial charge in [-0.15, -0.1) is 0 Å². The maximum Gasteiger partial charge on any atom is 0.133 e. The second-order valence-electron chi connectivity index (χ2n) is 5.59. The Morgan fingerprint density at radius 2 is 2.12 bits per heavy atom. The first-order chi connectivity index (χ1) is 11.7. The van der Waals surface area contributed by atoms with Crippen LogP contribution in [0.1, 0.15) is 5.56 Å². The number of halogens is 2. The van der Waals surface area contributed by atoms with E-state index in [1.807, 2.05) is 47.1 Å². The van der Waals surface area contributed by atoms with E-state index in [0.29, 0.717) is 5.02 Å². The molecule has 0 spiro atoms. The van der Waals surface area contributed by atoms with Gasteiger partial charge in [-0.05, 0) is 42.8 Å². The second-order valence-corrected chi connectivity index (χ2v) is 6.94. The van der Waals surface area contributed by atoms with Gasteiger partial charge in [-0.25, -0.2) is 4.68 Å². The maximum atomic E-state index is 6.15. The molecule has 0 atom stereocenters. The first-order valence-electron chi connectivity index (χ1n) is 7.63. The fourth-order valence-electron chi connectivity index (χ4n) is 3.05. The quantitative estimate of drug-likeness (QED) is 0.672. The Kier molecular flexibility index (Phi) is 3.98. The van der Waals surface area contributed by atoms with E-state index in [1.54, 1.807) is 7.11 Å². The van der Waals surface area contributed by atoms with Crippen molar-refractivity contribution in [2.24, 2.45) is 0 Å². The van der Waals surface area contributed by atoms with Crippen molar-refractivity contribution in [3.8, 4) is 22.7 Å². The predicted molar refractivity (Wildman–Crippen MR) is 100 cm³/mol. The zero-order valence-electron chi connectivity index (χ0n) is 13.0. The summed E-state index contributed by atoms with van der Waals surface area (Å²) in [4.78, 5) is 0. The highest BCUT2D eigenvalue weighted by molar-refractivity contribution is 9.10. The second kappa shape index (κ2) is 6.15. The Hall–Kier alpha value is -1.98. The van der Waals surface area contributed by atoms with E-state index in [2.05, 4.69) is 21.2 Å². The van der Waals surface area contributed by atoms with Gasteiger partial charge in [0, 0.05) is 27.2 Å². The minimum absolute atomic E-state index is 0.691. The lowest BCUT2D eigenvalue weighted by molar-refractivity contribution is 0.416. The summed E-state index contributed by atoms with van der Waals surface area (Å²) in [5.41, 5.74) is 4.06. The average molecular weight is 405 g/mol. The summed E-state index contributed by atoms with van der Waals surface area (Å²) < 4.78 is 8.45. The Morgan fingerprint density at radius 1 is 1.25 bits per heavy atom. The van der Waals surface area contributed by atoms with Crippen molar-refractivity contribution < 1.29 is 4.74 Å². The summed E-state index contributed by atoms with van der Waals surface area (Å²) in [6.07, 6.45) is 0.931. The van der Waals surface area contributed by atoms with Gasteiger partial charge in [0.15, 0.2) is 0 Å². The molecule has 0 unspecified atom stereocenters. The van der Waals surface area contributed by atoms with Gasteiger partial charge in [0.25, 0.3) is 0 Å². The van der Waals surface area contributed by atoms with Crippen molar-refractivity contribution in [2.45, 2.75) is 6.42 Å². The fourth-order valence-corrected chi connectivity index (χ4v) is 3.60. The highest BCUT2D eigenvalue weighted by Crippen LogP contribution is 2.39. The van der Waals surface area contributed by atoms with Gasteiger partial charge >= 0.3 is 0 Å². The van der Waals surface area contributed by atoms with Gasteiger partial charge in [0.2, 0.25) is 0 Å². The molecule has 24 heavy (non-hydrogen) atoms. The van der Waals surface area contributed by atoms with Gasteiger partial charge in [0.1, 0.15) is 17.3 Å². The van der Waals surface area contributed by atoms with E-state index in [9.17, 15) is 0 Å². The lowest BCUT2D eigenvalue weighted by Crippen LogP contribution is -2.04. The topological polar surface area (TPSA) is 39.1 Å². The predicted octanol–water partition coefficient (Wildman–Crippen LogP) is 4.93. The molecule has 1 aromatic heterocycles. The number of rotatable bonds is 3. The molecule has 0 bridgehead atoms. The van der Waals surface area contributed by atoms with Crippen LogP contribution in [0, 0.1) is 0 Å². The summed E-state index contributed by atoms with van der Waals surface area (Å²) in [7, 11) is 1.68. The molecule has 0 radical (unpaired) electrons. The molecule has 2 aromatic carbocycles. The Labute approximate surface area is 153 Å². The Balaban J connectivity index is 1.93. The first kappa shape index (κ1) is 15.5. The third kappa shape index (κ3) is 2.58. The van der Waals surface area contributed by atoms with E-state index < -0.39 is 0 Å². The summed E-state index contributed by atoms with van der Waals surface area (Å²) in [5, 5.41) is 8.98. The van der Waals surface area contributed by atoms with Gasteiger partial charge in [-0.3, -0.25) is 0 Å². The van der Waals surface area contributed by atoms with Gasteiger partial charge in [-0.2, -0.15) is 5.10 Å². The number of aromatic nitrogens is 2. The third-order valence-electron chi connectivity index (χ3n) is 4.12. The molecule has 1 aliphatic heterocycles. The van der Waals surface area contributed by atoms with Crippen LogP contribution >= 0.6 is 27.5 Å². The molecule has 0 amide bonds. The van der Waals surface area contributed by atoms with Crippen LogP contribution in [0.25, 0.3) is 16.9 Å². The molecule has 0 aliphatic carbocycles. The summed E-state index contributed by atoms with van der Waals surface area (Å²) in [6, 6.07) is 13.7. The van der Waals surface area contributed by atoms with Crippen molar-refractivity contribution in [2.75, 3.05) is 19.0 Å². The minimum atomic E-state index is 0.691. The van der Waals surface area contributed by atoms with Crippen LogP contribution in [0.2, 0.25) is 5.02 Å². The maximum absolute atomic E-state index is 6.15. The van der Waals surface area contributed by atoms with Gasteiger partial charge in [0.05, 0.1) is 12.8 Å². The van der Waals surface area contributed by atoms with E-state index in [0.717, 1.165) is 46.0 Å². The smallest absolute Gasteiger partial charge is 0.133 e. The number of hydrogen-bond donors (Lipinski definition) is 1. The summed E-state index contributed by atoms with van der Waals surface area (Å²) in [5.74, 6) is 1.83. The summed E-state index contributed by atoms with van der Waals surface area (Å²) >= 11 is 9.69. The van der Waals surface area contributed by atoms with Gasteiger partial charge < -0.3 is 10.1 Å². The van der Waals surface area contributed by atoms with Crippen molar-refractivity contribution in [1.82, 2.24) is 9.78 Å². The zero-order chi connectivity index (χ0) is 16.7. The lowest BCUT2D eigenvalue weighted by Gasteiger charge is -2.08. The first-order valence-corrected chi connectivity index (χ1v) is 8.80. The van der Waals surface area contributed by atoms with Crippen LogP contribution in [0.15, 0.2) is 46.9 Å². The van der Waals surface area contributed by atoms with Crippen molar-refractivity contribution in [3.05, 3.63) is 57.5 Å². The molecule has 1 aliphatic rings. The molecule has 4 rings (SSSR count). The van der Waals surface area contributed by atoms with Gasteiger partial charge in [-0.1, -0.05) is 33.6 Å².